The maximum Gasteiger partial charge on any atom is 0.223 e. The number of nitrogens with one attached hydrogen (secondary N) is 3. The van der Waals surface area contributed by atoms with Gasteiger partial charge in [-0.1, -0.05) is 0 Å². The molecule has 1 amide bonds. The van der Waals surface area contributed by atoms with Gasteiger partial charge in [0.05, 0.1) is 0 Å². The molecule has 0 aromatic carbocycles. The lowest BCUT2D eigenvalue weighted by Gasteiger charge is -2.11. The lowest BCUT2D eigenvalue weighted by Crippen LogP contribution is -2.41. The molecule has 0 aromatic heterocycles. The molecule has 0 saturated heterocycles. The second-order valence-electron chi connectivity index (χ2n) is 5.16. The van der Waals surface area contributed by atoms with E-state index in [1.54, 1.807) is 0 Å². The van der Waals surface area contributed by atoms with Crippen LogP contribution in [0, 0.1) is 5.92 Å². The number of hydrogen-bond acceptors (Lipinski definition) is 3. The number of halogens is 1. The summed E-state index contributed by atoms with van der Waals surface area (Å²) in [6.45, 7) is 8.60. The number of amides is 1. The zero-order valence-corrected chi connectivity index (χ0v) is 16.2. The van der Waals surface area contributed by atoms with Gasteiger partial charge in [0.25, 0.3) is 0 Å². The lowest BCUT2D eigenvalue weighted by atomic mass is 10.3. The molecule has 6 nitrogen and oxygen atoms in total. The van der Waals surface area contributed by atoms with Gasteiger partial charge in [-0.2, -0.15) is 0 Å². The average Bonchev–Trinajstić information content (AvgIpc) is 3.31. The van der Waals surface area contributed by atoms with Crippen molar-refractivity contribution in [3.63, 3.8) is 0 Å². The van der Waals surface area contributed by atoms with Crippen LogP contribution in [0.1, 0.15) is 39.5 Å². The Hall–Kier alpha value is -0.570. The van der Waals surface area contributed by atoms with Crippen molar-refractivity contribution in [2.75, 3.05) is 39.4 Å². The van der Waals surface area contributed by atoms with E-state index in [4.69, 9.17) is 4.74 Å². The van der Waals surface area contributed by atoms with Gasteiger partial charge >= 0.3 is 0 Å². The SMILES string of the molecule is CCNC(=NCCCCOCC)NCCNC(=O)C1CC1.I. The number of hydrogen-bond donors (Lipinski definition) is 3. The molecule has 0 unspecified atom stereocenters. The van der Waals surface area contributed by atoms with Crippen molar-refractivity contribution in [3.8, 4) is 0 Å². The molecule has 3 N–H and O–H groups in total. The molecule has 0 atom stereocenters. The molecule has 1 fully saturated rings. The van der Waals surface area contributed by atoms with Crippen LogP contribution in [0.3, 0.4) is 0 Å². The number of carbonyl (C=O) groups excluding carboxylic acids is 1. The zero-order chi connectivity index (χ0) is 15.3. The average molecular weight is 426 g/mol. The highest BCUT2D eigenvalue weighted by molar-refractivity contribution is 14.0. The summed E-state index contributed by atoms with van der Waals surface area (Å²) in [4.78, 5) is 16.0. The molecule has 0 heterocycles. The fourth-order valence-corrected chi connectivity index (χ4v) is 1.85. The van der Waals surface area contributed by atoms with Gasteiger partial charge in [-0.25, -0.2) is 0 Å². The van der Waals surface area contributed by atoms with Gasteiger partial charge in [-0.15, -0.1) is 24.0 Å². The number of guanidine groups is 1. The van der Waals surface area contributed by atoms with Gasteiger partial charge in [-0.05, 0) is 39.5 Å². The number of rotatable bonds is 11. The van der Waals surface area contributed by atoms with Crippen molar-refractivity contribution in [1.82, 2.24) is 16.0 Å². The number of ether oxygens (including phenoxy) is 1. The van der Waals surface area contributed by atoms with Crippen molar-refractivity contribution in [3.05, 3.63) is 0 Å². The fourth-order valence-electron chi connectivity index (χ4n) is 1.85. The van der Waals surface area contributed by atoms with Crippen LogP contribution in [0.15, 0.2) is 4.99 Å². The van der Waals surface area contributed by atoms with Crippen LogP contribution in [0.4, 0.5) is 0 Å². The summed E-state index contributed by atoms with van der Waals surface area (Å²) in [7, 11) is 0. The van der Waals surface area contributed by atoms with Crippen LogP contribution in [-0.2, 0) is 9.53 Å². The number of nitrogens with zero attached hydrogens (tertiary/aromatic N) is 1. The first-order valence-electron chi connectivity index (χ1n) is 8.15. The molecule has 7 heteroatoms. The van der Waals surface area contributed by atoms with E-state index in [1.165, 1.54) is 0 Å². The molecule has 1 aliphatic rings. The molecule has 130 valence electrons. The Balaban J connectivity index is 0.00000441. The highest BCUT2D eigenvalue weighted by Gasteiger charge is 2.28. The summed E-state index contributed by atoms with van der Waals surface area (Å²) in [6, 6.07) is 0. The second-order valence-corrected chi connectivity index (χ2v) is 5.16. The van der Waals surface area contributed by atoms with Crippen LogP contribution in [0.5, 0.6) is 0 Å². The summed E-state index contributed by atoms with van der Waals surface area (Å²) in [5, 5.41) is 9.36. The van der Waals surface area contributed by atoms with E-state index in [0.717, 1.165) is 57.9 Å². The largest absolute Gasteiger partial charge is 0.382 e. The van der Waals surface area contributed by atoms with Gasteiger partial charge < -0.3 is 20.7 Å². The van der Waals surface area contributed by atoms with E-state index in [2.05, 4.69) is 20.9 Å². The number of carbonyl (C=O) groups is 1. The predicted octanol–water partition coefficient (Wildman–Crippen LogP) is 1.50. The molecule has 0 bridgehead atoms. The highest BCUT2D eigenvalue weighted by atomic mass is 127. The fraction of sp³-hybridized carbons (Fsp3) is 0.867. The van der Waals surface area contributed by atoms with Crippen molar-refractivity contribution >= 4 is 35.8 Å². The summed E-state index contributed by atoms with van der Waals surface area (Å²) in [6.07, 6.45) is 4.15. The zero-order valence-electron chi connectivity index (χ0n) is 13.8. The van der Waals surface area contributed by atoms with E-state index in [1.807, 2.05) is 13.8 Å². The third-order valence-corrected chi connectivity index (χ3v) is 3.18. The topological polar surface area (TPSA) is 74.8 Å². The van der Waals surface area contributed by atoms with E-state index in [-0.39, 0.29) is 35.8 Å². The Bertz CT molecular complexity index is 323. The Morgan fingerprint density at radius 1 is 1.14 bits per heavy atom. The Morgan fingerprint density at radius 2 is 1.86 bits per heavy atom. The van der Waals surface area contributed by atoms with Crippen LogP contribution in [-0.4, -0.2) is 51.3 Å². The Kier molecular flexibility index (Phi) is 13.7. The van der Waals surface area contributed by atoms with Crippen LogP contribution < -0.4 is 16.0 Å². The molecule has 1 saturated carbocycles. The molecular formula is C15H31IN4O2. The standard InChI is InChI=1S/C15H30N4O2.HI/c1-3-16-15(18-9-5-6-12-21-4-2)19-11-10-17-14(20)13-7-8-13;/h13H,3-12H2,1-2H3,(H,17,20)(H2,16,18,19);1H. The minimum atomic E-state index is 0. The molecule has 22 heavy (non-hydrogen) atoms. The third kappa shape index (κ3) is 11.1. The second kappa shape index (κ2) is 14.0. The van der Waals surface area contributed by atoms with E-state index in [0.29, 0.717) is 13.1 Å². The molecule has 1 rings (SSSR count). The van der Waals surface area contributed by atoms with Gasteiger partial charge in [0, 0.05) is 45.3 Å². The van der Waals surface area contributed by atoms with E-state index in [9.17, 15) is 4.79 Å². The summed E-state index contributed by atoms with van der Waals surface area (Å²) >= 11 is 0. The first kappa shape index (κ1) is 21.4. The molecule has 0 aliphatic heterocycles. The summed E-state index contributed by atoms with van der Waals surface area (Å²) in [5.74, 6) is 1.28. The van der Waals surface area contributed by atoms with Crippen LogP contribution in [0.25, 0.3) is 0 Å². The van der Waals surface area contributed by atoms with Crippen molar-refractivity contribution in [2.24, 2.45) is 10.9 Å². The molecule has 0 aromatic rings. The van der Waals surface area contributed by atoms with Crippen molar-refractivity contribution in [1.29, 1.82) is 0 Å². The maximum absolute atomic E-state index is 11.5. The van der Waals surface area contributed by atoms with Gasteiger partial charge in [0.2, 0.25) is 5.91 Å². The van der Waals surface area contributed by atoms with E-state index < -0.39 is 0 Å². The van der Waals surface area contributed by atoms with Gasteiger partial charge in [0.1, 0.15) is 0 Å². The number of aliphatic imine (C=N–C) groups is 1. The lowest BCUT2D eigenvalue weighted by molar-refractivity contribution is -0.122. The minimum absolute atomic E-state index is 0. The Labute approximate surface area is 151 Å². The first-order chi connectivity index (χ1) is 10.3. The summed E-state index contributed by atoms with van der Waals surface area (Å²) in [5.41, 5.74) is 0. The molecular weight excluding hydrogens is 395 g/mol. The molecule has 0 radical (unpaired) electrons. The van der Waals surface area contributed by atoms with Gasteiger partial charge in [-0.3, -0.25) is 9.79 Å². The first-order valence-corrected chi connectivity index (χ1v) is 8.15. The van der Waals surface area contributed by atoms with Gasteiger partial charge in [0.15, 0.2) is 5.96 Å². The van der Waals surface area contributed by atoms with Crippen LogP contribution in [0.2, 0.25) is 0 Å². The quantitative estimate of drug-likeness (QED) is 0.203. The highest BCUT2D eigenvalue weighted by Crippen LogP contribution is 2.28. The minimum Gasteiger partial charge on any atom is -0.382 e. The number of unbranched alkanes of at least 4 members (excludes halogenated alkanes) is 1. The van der Waals surface area contributed by atoms with Crippen molar-refractivity contribution in [2.45, 2.75) is 39.5 Å². The maximum atomic E-state index is 11.5. The predicted molar refractivity (Wildman–Crippen MR) is 101 cm³/mol. The smallest absolute Gasteiger partial charge is 0.223 e. The van der Waals surface area contributed by atoms with E-state index >= 15 is 0 Å². The van der Waals surface area contributed by atoms with Crippen molar-refractivity contribution < 1.29 is 9.53 Å². The summed E-state index contributed by atoms with van der Waals surface area (Å²) < 4.78 is 5.29. The molecule has 0 spiro atoms. The molecule has 1 aliphatic carbocycles. The normalized spacial score (nSPS) is 14.2. The van der Waals surface area contributed by atoms with Crippen LogP contribution >= 0.6 is 24.0 Å². The third-order valence-electron chi connectivity index (χ3n) is 3.18. The monoisotopic (exact) mass is 426 g/mol. The Morgan fingerprint density at radius 3 is 2.50 bits per heavy atom.